The summed E-state index contributed by atoms with van der Waals surface area (Å²) in [5, 5.41) is 34.0. The summed E-state index contributed by atoms with van der Waals surface area (Å²) in [4.78, 5) is 25.4. The molecule has 6 heteroatoms. The molecule has 0 radical (unpaired) electrons. The lowest BCUT2D eigenvalue weighted by Crippen LogP contribution is -2.59. The van der Waals surface area contributed by atoms with Gasteiger partial charge in [-0.3, -0.25) is 9.59 Å². The van der Waals surface area contributed by atoms with Gasteiger partial charge in [0.15, 0.2) is 5.76 Å². The van der Waals surface area contributed by atoms with E-state index >= 15 is 0 Å². The molecule has 1 spiro atoms. The predicted octanol–water partition coefficient (Wildman–Crippen LogP) is 3.00. The van der Waals surface area contributed by atoms with Gasteiger partial charge in [0.2, 0.25) is 5.78 Å². The van der Waals surface area contributed by atoms with Crippen LogP contribution in [-0.4, -0.2) is 45.4 Å². The van der Waals surface area contributed by atoms with Crippen LogP contribution in [-0.2, 0) is 14.3 Å². The van der Waals surface area contributed by atoms with Crippen molar-refractivity contribution < 1.29 is 29.6 Å². The van der Waals surface area contributed by atoms with E-state index in [1.165, 1.54) is 0 Å². The molecule has 2 fully saturated rings. The second kappa shape index (κ2) is 6.30. The normalized spacial score (nSPS) is 44.6. The molecular weight excluding hydrogens is 384 g/mol. The van der Waals surface area contributed by atoms with Crippen molar-refractivity contribution in [1.29, 1.82) is 0 Å². The summed E-state index contributed by atoms with van der Waals surface area (Å²) >= 11 is 0. The molecule has 6 nitrogen and oxygen atoms in total. The number of ether oxygens (including phenoxy) is 1. The first-order chi connectivity index (χ1) is 13.9. The summed E-state index contributed by atoms with van der Waals surface area (Å²) < 4.78 is 5.47. The molecule has 0 bridgehead atoms. The number of fused-ring (bicyclic) bond motifs is 1. The van der Waals surface area contributed by atoms with E-state index in [0.717, 1.165) is 0 Å². The van der Waals surface area contributed by atoms with Crippen molar-refractivity contribution in [1.82, 2.24) is 0 Å². The Morgan fingerprint density at radius 2 is 2.03 bits per heavy atom. The number of allylic oxidation sites excluding steroid dienone is 3. The average Bonchev–Trinajstić information content (AvgIpc) is 3.41. The molecule has 6 unspecified atom stereocenters. The highest BCUT2D eigenvalue weighted by Crippen LogP contribution is 2.77. The Hall–Kier alpha value is -1.92. The zero-order valence-electron chi connectivity index (χ0n) is 18.2. The molecule has 2 saturated carbocycles. The number of esters is 1. The van der Waals surface area contributed by atoms with Crippen LogP contribution in [0.2, 0.25) is 0 Å². The molecule has 164 valence electrons. The van der Waals surface area contributed by atoms with Crippen molar-refractivity contribution >= 4 is 11.8 Å². The van der Waals surface area contributed by atoms with Crippen LogP contribution in [0.3, 0.4) is 0 Å². The van der Waals surface area contributed by atoms with Gasteiger partial charge in [-0.25, -0.2) is 0 Å². The van der Waals surface area contributed by atoms with Crippen molar-refractivity contribution in [2.45, 2.75) is 65.1 Å². The van der Waals surface area contributed by atoms with Crippen LogP contribution < -0.4 is 0 Å². The minimum Gasteiger partial charge on any atom is -0.504 e. The van der Waals surface area contributed by atoms with E-state index in [1.54, 1.807) is 32.9 Å². The molecule has 0 aromatic rings. The lowest BCUT2D eigenvalue weighted by Gasteiger charge is -2.55. The fraction of sp³-hybridized carbons (Fsp3) is 0.667. The second-order valence-electron chi connectivity index (χ2n) is 10.5. The summed E-state index contributed by atoms with van der Waals surface area (Å²) in [6.07, 6.45) is 4.65. The Balaban J connectivity index is 1.85. The van der Waals surface area contributed by atoms with Crippen LogP contribution in [0.15, 0.2) is 35.6 Å². The third-order valence-electron chi connectivity index (χ3n) is 8.20. The number of aliphatic hydroxyl groups excluding tert-OH is 2. The van der Waals surface area contributed by atoms with Gasteiger partial charge in [0, 0.05) is 16.4 Å². The summed E-state index contributed by atoms with van der Waals surface area (Å²) in [6, 6.07) is 0. The maximum Gasteiger partial charge on any atom is 0.308 e. The van der Waals surface area contributed by atoms with Crippen molar-refractivity contribution in [3.63, 3.8) is 0 Å². The minimum absolute atomic E-state index is 0.0342. The molecule has 0 amide bonds. The van der Waals surface area contributed by atoms with Crippen molar-refractivity contribution in [3.05, 3.63) is 35.6 Å². The molecule has 30 heavy (non-hydrogen) atoms. The van der Waals surface area contributed by atoms with E-state index < -0.39 is 45.5 Å². The van der Waals surface area contributed by atoms with Gasteiger partial charge in [0.25, 0.3) is 0 Å². The maximum atomic E-state index is 13.3. The van der Waals surface area contributed by atoms with Gasteiger partial charge in [-0.2, -0.15) is 0 Å². The molecule has 0 aliphatic heterocycles. The van der Waals surface area contributed by atoms with Gasteiger partial charge >= 0.3 is 5.97 Å². The Kier molecular flexibility index (Phi) is 4.48. The van der Waals surface area contributed by atoms with Crippen LogP contribution in [0, 0.1) is 28.1 Å². The van der Waals surface area contributed by atoms with E-state index in [1.807, 2.05) is 6.92 Å². The fourth-order valence-corrected chi connectivity index (χ4v) is 6.10. The highest BCUT2D eigenvalue weighted by molar-refractivity contribution is 6.11. The van der Waals surface area contributed by atoms with Gasteiger partial charge in [-0.05, 0) is 44.1 Å². The lowest BCUT2D eigenvalue weighted by molar-refractivity contribution is -0.155. The molecular formula is C24H32O6. The first-order valence-electron chi connectivity index (χ1n) is 10.8. The highest BCUT2D eigenvalue weighted by atomic mass is 16.5. The number of hydrogen-bond donors (Lipinski definition) is 3. The fourth-order valence-electron chi connectivity index (χ4n) is 6.10. The largest absolute Gasteiger partial charge is 0.504 e. The Bertz CT molecular complexity index is 899. The van der Waals surface area contributed by atoms with Crippen molar-refractivity contribution in [2.75, 3.05) is 6.61 Å². The van der Waals surface area contributed by atoms with Crippen molar-refractivity contribution in [3.8, 4) is 0 Å². The average molecular weight is 417 g/mol. The topological polar surface area (TPSA) is 104 Å². The zero-order chi connectivity index (χ0) is 22.3. The number of carbonyl (C=O) groups excluding carboxylic acids is 2. The van der Waals surface area contributed by atoms with E-state index in [-0.39, 0.29) is 24.0 Å². The molecule has 0 aromatic carbocycles. The monoisotopic (exact) mass is 416 g/mol. The molecule has 0 aromatic heterocycles. The number of rotatable bonds is 4. The number of aliphatic hydroxyl groups is 3. The van der Waals surface area contributed by atoms with E-state index in [2.05, 4.69) is 6.58 Å². The standard InChI is InChI=1S/C24H32O6/c1-6-21(4)7-8-24(29)15(11-21)17(26)18(27)19-22(5,12-30-20(28)13(2)3)16(25)9-14-10-23(14,19)24/h6,11,13-14,16,25,27,29H,1,7-10,12H2,2-5H3. The van der Waals surface area contributed by atoms with Crippen LogP contribution >= 0.6 is 0 Å². The number of ketones is 1. The highest BCUT2D eigenvalue weighted by Gasteiger charge is 2.78. The smallest absolute Gasteiger partial charge is 0.308 e. The maximum absolute atomic E-state index is 13.3. The van der Waals surface area contributed by atoms with Crippen LogP contribution in [0.25, 0.3) is 0 Å². The summed E-state index contributed by atoms with van der Waals surface area (Å²) in [5.74, 6) is -1.79. The Morgan fingerprint density at radius 3 is 2.63 bits per heavy atom. The SMILES string of the molecule is C=CC1(C)C=C2C(=O)C(O)=C3C(C)(COC(=O)C(C)C)C(O)CC4CC34C2(O)CC1. The van der Waals surface area contributed by atoms with Gasteiger partial charge < -0.3 is 20.1 Å². The van der Waals surface area contributed by atoms with Gasteiger partial charge in [0.05, 0.1) is 17.4 Å². The molecule has 4 aliphatic carbocycles. The summed E-state index contributed by atoms with van der Waals surface area (Å²) in [5.41, 5.74) is -3.18. The molecule has 0 saturated heterocycles. The molecule has 0 heterocycles. The van der Waals surface area contributed by atoms with Crippen LogP contribution in [0.1, 0.15) is 53.4 Å². The summed E-state index contributed by atoms with van der Waals surface area (Å²) in [6.45, 7) is 10.8. The third-order valence-corrected chi connectivity index (χ3v) is 8.20. The Labute approximate surface area is 177 Å². The zero-order valence-corrected chi connectivity index (χ0v) is 18.2. The molecule has 6 atom stereocenters. The van der Waals surface area contributed by atoms with Gasteiger partial charge in [-0.15, -0.1) is 6.58 Å². The number of carbonyl (C=O) groups is 2. The Morgan fingerprint density at radius 1 is 1.37 bits per heavy atom. The lowest BCUT2D eigenvalue weighted by atomic mass is 9.51. The number of Topliss-reactive ketones (excluding diaryl/α,β-unsaturated/α-hetero) is 1. The first-order valence-corrected chi connectivity index (χ1v) is 10.8. The molecule has 4 aliphatic rings. The third kappa shape index (κ3) is 2.50. The van der Waals surface area contributed by atoms with Gasteiger partial charge in [0.1, 0.15) is 12.2 Å². The van der Waals surface area contributed by atoms with E-state index in [9.17, 15) is 24.9 Å². The quantitative estimate of drug-likeness (QED) is 0.481. The van der Waals surface area contributed by atoms with Crippen LogP contribution in [0.5, 0.6) is 0 Å². The first kappa shape index (κ1) is 21.3. The van der Waals surface area contributed by atoms with E-state index in [4.69, 9.17) is 4.74 Å². The van der Waals surface area contributed by atoms with Crippen LogP contribution in [0.4, 0.5) is 0 Å². The van der Waals surface area contributed by atoms with Crippen molar-refractivity contribution in [2.24, 2.45) is 28.1 Å². The predicted molar refractivity (Wildman–Crippen MR) is 110 cm³/mol. The summed E-state index contributed by atoms with van der Waals surface area (Å²) in [7, 11) is 0. The molecule has 4 rings (SSSR count). The van der Waals surface area contributed by atoms with E-state index in [0.29, 0.717) is 31.3 Å². The minimum atomic E-state index is -1.40. The second-order valence-corrected chi connectivity index (χ2v) is 10.5. The number of hydrogen-bond acceptors (Lipinski definition) is 6. The van der Waals surface area contributed by atoms with Gasteiger partial charge in [-0.1, -0.05) is 32.9 Å². The molecule has 3 N–H and O–H groups in total.